The van der Waals surface area contributed by atoms with E-state index < -0.39 is 0 Å². The van der Waals surface area contributed by atoms with Gasteiger partial charge in [-0.2, -0.15) is 5.10 Å². The lowest BCUT2D eigenvalue weighted by Crippen LogP contribution is -2.10. The second-order valence-corrected chi connectivity index (χ2v) is 10.6. The highest BCUT2D eigenvalue weighted by atomic mass is 79.9. The third kappa shape index (κ3) is 4.32. The molecule has 0 bridgehead atoms. The zero-order chi connectivity index (χ0) is 22.3. The molecule has 4 aromatic rings. The summed E-state index contributed by atoms with van der Waals surface area (Å²) in [5.74, 6) is 0. The Morgan fingerprint density at radius 1 is 1.06 bits per heavy atom. The van der Waals surface area contributed by atoms with Crippen molar-refractivity contribution in [1.82, 2.24) is 20.0 Å². The van der Waals surface area contributed by atoms with Gasteiger partial charge in [0, 0.05) is 20.5 Å². The van der Waals surface area contributed by atoms with E-state index in [1.165, 1.54) is 11.3 Å². The van der Waals surface area contributed by atoms with Crippen LogP contribution in [0.15, 0.2) is 46.9 Å². The van der Waals surface area contributed by atoms with Crippen LogP contribution in [0.4, 0.5) is 0 Å². The molecule has 0 saturated carbocycles. The lowest BCUT2D eigenvalue weighted by atomic mass is 9.98. The lowest BCUT2D eigenvalue weighted by Gasteiger charge is -2.12. The molecule has 0 unspecified atom stereocenters. The maximum atomic E-state index is 12.3. The monoisotopic (exact) mass is 534 g/mol. The predicted octanol–water partition coefficient (Wildman–Crippen LogP) is 7.24. The number of aldehydes is 1. The van der Waals surface area contributed by atoms with Crippen LogP contribution in [0.5, 0.6) is 0 Å². The third-order valence-corrected chi connectivity index (χ3v) is 6.99. The summed E-state index contributed by atoms with van der Waals surface area (Å²) in [6, 6.07) is 12.8. The molecule has 0 atom stereocenters. The Bertz CT molecular complexity index is 1280. The third-order valence-electron chi connectivity index (χ3n) is 4.56. The van der Waals surface area contributed by atoms with E-state index in [0.29, 0.717) is 37.7 Å². The highest BCUT2D eigenvalue weighted by Gasteiger charge is 2.27. The van der Waals surface area contributed by atoms with Gasteiger partial charge in [-0.3, -0.25) is 4.79 Å². The number of benzene rings is 2. The summed E-state index contributed by atoms with van der Waals surface area (Å²) in [6.07, 6.45) is 0.804. The van der Waals surface area contributed by atoms with Crippen molar-refractivity contribution < 1.29 is 4.79 Å². The summed E-state index contributed by atoms with van der Waals surface area (Å²) < 4.78 is 2.60. The van der Waals surface area contributed by atoms with Crippen LogP contribution in [-0.4, -0.2) is 26.3 Å². The summed E-state index contributed by atoms with van der Waals surface area (Å²) >= 11 is 17.5. The van der Waals surface area contributed by atoms with Crippen molar-refractivity contribution in [2.45, 2.75) is 26.2 Å². The van der Waals surface area contributed by atoms with Crippen molar-refractivity contribution in [3.05, 3.63) is 67.6 Å². The minimum Gasteiger partial charge on any atom is -0.298 e. The molecule has 0 radical (unpaired) electrons. The maximum absolute atomic E-state index is 12.3. The van der Waals surface area contributed by atoms with E-state index in [-0.39, 0.29) is 5.41 Å². The smallest absolute Gasteiger partial charge is 0.168 e. The number of carbonyl (C=O) groups excluding carboxylic acids is 1. The van der Waals surface area contributed by atoms with Crippen LogP contribution in [0.1, 0.15) is 36.1 Å². The molecule has 0 aliphatic rings. The number of nitrogens with zero attached hydrogens (tertiary/aromatic N) is 4. The first-order chi connectivity index (χ1) is 14.7. The minimum atomic E-state index is -0.159. The van der Waals surface area contributed by atoms with Crippen LogP contribution in [0.2, 0.25) is 10.0 Å². The molecule has 0 aliphatic heterocycles. The van der Waals surface area contributed by atoms with Crippen molar-refractivity contribution in [3.8, 4) is 27.6 Å². The molecule has 2 aromatic heterocycles. The summed E-state index contributed by atoms with van der Waals surface area (Å²) in [5.41, 5.74) is 2.77. The molecule has 31 heavy (non-hydrogen) atoms. The van der Waals surface area contributed by atoms with Gasteiger partial charge in [0.1, 0.15) is 10.7 Å². The standard InChI is InChI=1S/C22H17BrCl2N4OS/c1-22(2,3)21-27-26-20(31-21)18-15(11-30)19(12-4-6-13(23)7-5-12)29(28-18)17-9-8-14(24)10-16(17)25/h4-11H,1-3H3. The van der Waals surface area contributed by atoms with Gasteiger partial charge in [-0.15, -0.1) is 10.2 Å². The van der Waals surface area contributed by atoms with Gasteiger partial charge in [0.2, 0.25) is 0 Å². The topological polar surface area (TPSA) is 60.7 Å². The lowest BCUT2D eigenvalue weighted by molar-refractivity contribution is 0.112. The summed E-state index contributed by atoms with van der Waals surface area (Å²) in [6.45, 7) is 6.20. The Morgan fingerprint density at radius 3 is 2.35 bits per heavy atom. The summed E-state index contributed by atoms with van der Waals surface area (Å²) in [7, 11) is 0. The Hall–Kier alpha value is -2.06. The summed E-state index contributed by atoms with van der Waals surface area (Å²) in [5, 5.41) is 15.8. The van der Waals surface area contributed by atoms with Crippen LogP contribution in [0, 0.1) is 0 Å². The van der Waals surface area contributed by atoms with Crippen molar-refractivity contribution in [1.29, 1.82) is 0 Å². The van der Waals surface area contributed by atoms with Gasteiger partial charge >= 0.3 is 0 Å². The molecular weight excluding hydrogens is 519 g/mol. The molecule has 2 heterocycles. The van der Waals surface area contributed by atoms with E-state index in [2.05, 4.69) is 46.9 Å². The largest absolute Gasteiger partial charge is 0.298 e. The quantitative estimate of drug-likeness (QED) is 0.258. The predicted molar refractivity (Wildman–Crippen MR) is 130 cm³/mol. The Morgan fingerprint density at radius 2 is 1.77 bits per heavy atom. The normalized spacial score (nSPS) is 11.7. The average Bonchev–Trinajstić information content (AvgIpc) is 3.33. The van der Waals surface area contributed by atoms with E-state index in [9.17, 15) is 4.79 Å². The van der Waals surface area contributed by atoms with E-state index in [1.807, 2.05) is 24.3 Å². The molecule has 9 heteroatoms. The second kappa shape index (κ2) is 8.47. The molecule has 5 nitrogen and oxygen atoms in total. The fraction of sp³-hybridized carbons (Fsp3) is 0.182. The molecule has 0 fully saturated rings. The van der Waals surface area contributed by atoms with Crippen LogP contribution in [0.25, 0.3) is 27.6 Å². The van der Waals surface area contributed by atoms with Gasteiger partial charge < -0.3 is 0 Å². The first kappa shape index (κ1) is 22.1. The Kier molecular flexibility index (Phi) is 6.05. The SMILES string of the molecule is CC(C)(C)c1nnc(-c2nn(-c3ccc(Cl)cc3Cl)c(-c3ccc(Br)cc3)c2C=O)s1. The number of rotatable bonds is 4. The molecule has 0 saturated heterocycles. The number of carbonyl (C=O) groups is 1. The van der Waals surface area contributed by atoms with Gasteiger partial charge in [-0.1, -0.05) is 83.4 Å². The molecule has 0 N–H and O–H groups in total. The molecule has 0 spiro atoms. The van der Waals surface area contributed by atoms with Crippen LogP contribution in [0.3, 0.4) is 0 Å². The highest BCUT2D eigenvalue weighted by Crippen LogP contribution is 2.38. The van der Waals surface area contributed by atoms with E-state index in [0.717, 1.165) is 21.3 Å². The fourth-order valence-electron chi connectivity index (χ4n) is 3.03. The van der Waals surface area contributed by atoms with E-state index in [1.54, 1.807) is 22.9 Å². The number of aromatic nitrogens is 4. The van der Waals surface area contributed by atoms with Crippen LogP contribution < -0.4 is 0 Å². The highest BCUT2D eigenvalue weighted by molar-refractivity contribution is 9.10. The maximum Gasteiger partial charge on any atom is 0.168 e. The van der Waals surface area contributed by atoms with E-state index in [4.69, 9.17) is 28.3 Å². The molecule has 158 valence electrons. The van der Waals surface area contributed by atoms with Gasteiger partial charge in [0.25, 0.3) is 0 Å². The second-order valence-electron chi connectivity index (χ2n) is 7.91. The van der Waals surface area contributed by atoms with Crippen molar-refractivity contribution in [2.24, 2.45) is 0 Å². The van der Waals surface area contributed by atoms with E-state index >= 15 is 0 Å². The Labute approximate surface area is 202 Å². The number of hydrogen-bond acceptors (Lipinski definition) is 5. The van der Waals surface area contributed by atoms with Crippen molar-refractivity contribution in [3.63, 3.8) is 0 Å². The first-order valence-corrected chi connectivity index (χ1v) is 11.7. The minimum absolute atomic E-state index is 0.159. The van der Waals surface area contributed by atoms with Crippen molar-refractivity contribution >= 4 is 56.8 Å². The summed E-state index contributed by atoms with van der Waals surface area (Å²) in [4.78, 5) is 12.3. The molecule has 0 aliphatic carbocycles. The van der Waals surface area contributed by atoms with Crippen LogP contribution >= 0.6 is 50.5 Å². The molecular formula is C22H17BrCl2N4OS. The average molecular weight is 536 g/mol. The molecule has 4 rings (SSSR count). The molecule has 2 aromatic carbocycles. The zero-order valence-corrected chi connectivity index (χ0v) is 20.8. The number of hydrogen-bond donors (Lipinski definition) is 0. The van der Waals surface area contributed by atoms with Crippen molar-refractivity contribution in [2.75, 3.05) is 0 Å². The van der Waals surface area contributed by atoms with Gasteiger partial charge in [0.15, 0.2) is 11.3 Å². The zero-order valence-electron chi connectivity index (χ0n) is 16.9. The van der Waals surface area contributed by atoms with Gasteiger partial charge in [-0.25, -0.2) is 4.68 Å². The Balaban J connectivity index is 2.00. The number of halogens is 3. The van der Waals surface area contributed by atoms with Gasteiger partial charge in [0.05, 0.1) is 22.0 Å². The van der Waals surface area contributed by atoms with Crippen LogP contribution in [-0.2, 0) is 5.41 Å². The van der Waals surface area contributed by atoms with Gasteiger partial charge in [-0.05, 0) is 30.3 Å². The fourth-order valence-corrected chi connectivity index (χ4v) is 4.69. The molecule has 0 amide bonds. The first-order valence-electron chi connectivity index (χ1n) is 9.33.